The first-order chi connectivity index (χ1) is 12.6. The van der Waals surface area contributed by atoms with Gasteiger partial charge in [0.15, 0.2) is 0 Å². The fourth-order valence-corrected chi connectivity index (χ4v) is 4.92. The maximum Gasteiger partial charge on any atom is 0.107 e. The quantitative estimate of drug-likeness (QED) is 0.888. The van der Waals surface area contributed by atoms with Crippen LogP contribution < -0.4 is 0 Å². The van der Waals surface area contributed by atoms with Crippen molar-refractivity contribution in [2.75, 3.05) is 32.7 Å². The average molecular weight is 357 g/mol. The predicted molar refractivity (Wildman–Crippen MR) is 103 cm³/mol. The minimum absolute atomic E-state index is 0.155. The van der Waals surface area contributed by atoms with Crippen molar-refractivity contribution < 1.29 is 4.42 Å². The molecule has 0 aliphatic carbocycles. The van der Waals surface area contributed by atoms with Gasteiger partial charge in [-0.3, -0.25) is 4.90 Å². The summed E-state index contributed by atoms with van der Waals surface area (Å²) < 4.78 is 5.80. The highest BCUT2D eigenvalue weighted by atomic mass is 16.3. The number of piperidine rings is 1. The van der Waals surface area contributed by atoms with Crippen molar-refractivity contribution in [3.63, 3.8) is 0 Å². The molecular formula is C21H32N4O. The number of nitrogens with one attached hydrogen (secondary N) is 1. The zero-order valence-electron chi connectivity index (χ0n) is 16.4. The lowest BCUT2D eigenvalue weighted by Gasteiger charge is -2.50. The van der Waals surface area contributed by atoms with E-state index < -0.39 is 0 Å². The second-order valence-electron chi connectivity index (χ2n) is 8.07. The van der Waals surface area contributed by atoms with Crippen molar-refractivity contribution in [1.29, 1.82) is 0 Å². The first-order valence-electron chi connectivity index (χ1n) is 10.2. The highest BCUT2D eigenvalue weighted by Gasteiger charge is 2.45. The first-order valence-corrected chi connectivity index (χ1v) is 10.2. The van der Waals surface area contributed by atoms with Gasteiger partial charge in [0.1, 0.15) is 11.5 Å². The topological polar surface area (TPSA) is 48.3 Å². The molecule has 1 N–H and O–H groups in total. The number of hydrogen-bond donors (Lipinski definition) is 1. The van der Waals surface area contributed by atoms with Gasteiger partial charge in [0.25, 0.3) is 0 Å². The van der Waals surface area contributed by atoms with Gasteiger partial charge in [0.05, 0.1) is 17.6 Å². The average Bonchev–Trinajstić information content (AvgIpc) is 3.31. The Balaban J connectivity index is 1.38. The van der Waals surface area contributed by atoms with Crippen LogP contribution in [0.3, 0.4) is 0 Å². The van der Waals surface area contributed by atoms with E-state index in [1.54, 1.807) is 0 Å². The summed E-state index contributed by atoms with van der Waals surface area (Å²) in [5.74, 6) is 2.62. The number of aromatic nitrogens is 2. The van der Waals surface area contributed by atoms with Crippen molar-refractivity contribution in [3.8, 4) is 0 Å². The van der Waals surface area contributed by atoms with E-state index in [0.29, 0.717) is 5.92 Å². The fraction of sp³-hybridized carbons (Fsp3) is 0.667. The second kappa shape index (κ2) is 7.20. The van der Waals surface area contributed by atoms with Gasteiger partial charge in [-0.2, -0.15) is 0 Å². The molecule has 1 atom stereocenters. The molecular weight excluding hydrogens is 324 g/mol. The van der Waals surface area contributed by atoms with E-state index in [-0.39, 0.29) is 5.54 Å². The van der Waals surface area contributed by atoms with E-state index >= 15 is 0 Å². The van der Waals surface area contributed by atoms with E-state index in [9.17, 15) is 0 Å². The third kappa shape index (κ3) is 3.12. The molecule has 0 radical (unpaired) electrons. The lowest BCUT2D eigenvalue weighted by Crippen LogP contribution is -2.56. The predicted octanol–water partition coefficient (Wildman–Crippen LogP) is 3.67. The largest absolute Gasteiger partial charge is 0.466 e. The molecule has 142 valence electrons. The van der Waals surface area contributed by atoms with Gasteiger partial charge in [0, 0.05) is 37.7 Å². The van der Waals surface area contributed by atoms with Crippen molar-refractivity contribution in [2.45, 2.75) is 57.9 Å². The Morgan fingerprint density at radius 3 is 2.77 bits per heavy atom. The Labute approximate surface area is 156 Å². The Morgan fingerprint density at radius 2 is 2.08 bits per heavy atom. The maximum atomic E-state index is 5.80. The van der Waals surface area contributed by atoms with E-state index in [4.69, 9.17) is 9.40 Å². The SMILES string of the molecule is CCN1CCc2[nH]cnc2C12CCN(CCC(C)c1ccc(C)o1)CC2. The maximum absolute atomic E-state index is 5.80. The third-order valence-electron chi connectivity index (χ3n) is 6.59. The number of likely N-dealkylation sites (tertiary alicyclic amines) is 1. The van der Waals surface area contributed by atoms with E-state index in [1.807, 2.05) is 13.3 Å². The Hall–Kier alpha value is -1.59. The van der Waals surface area contributed by atoms with Gasteiger partial charge in [0.2, 0.25) is 0 Å². The van der Waals surface area contributed by atoms with E-state index in [0.717, 1.165) is 57.1 Å². The molecule has 2 aliphatic heterocycles. The summed E-state index contributed by atoms with van der Waals surface area (Å²) in [5, 5.41) is 0. The summed E-state index contributed by atoms with van der Waals surface area (Å²) in [4.78, 5) is 13.4. The third-order valence-corrected chi connectivity index (χ3v) is 6.59. The summed E-state index contributed by atoms with van der Waals surface area (Å²) in [7, 11) is 0. The normalized spacial score (nSPS) is 21.8. The highest BCUT2D eigenvalue weighted by molar-refractivity contribution is 5.26. The van der Waals surface area contributed by atoms with Gasteiger partial charge < -0.3 is 14.3 Å². The molecule has 1 saturated heterocycles. The molecule has 4 heterocycles. The first kappa shape index (κ1) is 17.8. The molecule has 2 aliphatic rings. The van der Waals surface area contributed by atoms with Crippen LogP contribution in [-0.2, 0) is 12.0 Å². The molecule has 0 amide bonds. The molecule has 1 fully saturated rings. The van der Waals surface area contributed by atoms with Crippen LogP contribution >= 0.6 is 0 Å². The van der Waals surface area contributed by atoms with Crippen LogP contribution in [0.5, 0.6) is 0 Å². The molecule has 0 bridgehead atoms. The molecule has 0 aromatic carbocycles. The zero-order chi connectivity index (χ0) is 18.1. The number of fused-ring (bicyclic) bond motifs is 2. The number of furan rings is 1. The van der Waals surface area contributed by atoms with Gasteiger partial charge in [-0.1, -0.05) is 13.8 Å². The van der Waals surface area contributed by atoms with Crippen LogP contribution in [0.1, 0.15) is 61.9 Å². The number of hydrogen-bond acceptors (Lipinski definition) is 4. The molecule has 2 aromatic rings. The minimum atomic E-state index is 0.155. The van der Waals surface area contributed by atoms with Crippen LogP contribution in [0.2, 0.25) is 0 Å². The van der Waals surface area contributed by atoms with Gasteiger partial charge in [-0.25, -0.2) is 4.98 Å². The molecule has 5 nitrogen and oxygen atoms in total. The molecule has 4 rings (SSSR count). The number of imidazole rings is 1. The number of aromatic amines is 1. The summed E-state index contributed by atoms with van der Waals surface area (Å²) in [6.07, 6.45) is 6.53. The number of likely N-dealkylation sites (N-methyl/N-ethyl adjacent to an activating group) is 1. The van der Waals surface area contributed by atoms with E-state index in [2.05, 4.69) is 40.8 Å². The zero-order valence-corrected chi connectivity index (χ0v) is 16.4. The van der Waals surface area contributed by atoms with Gasteiger partial charge >= 0.3 is 0 Å². The van der Waals surface area contributed by atoms with Crippen LogP contribution in [0, 0.1) is 6.92 Å². The molecule has 0 saturated carbocycles. The number of nitrogens with zero attached hydrogens (tertiary/aromatic N) is 3. The van der Waals surface area contributed by atoms with Gasteiger partial charge in [-0.05, 0) is 51.4 Å². The fourth-order valence-electron chi connectivity index (χ4n) is 4.92. The number of H-pyrrole nitrogens is 1. The van der Waals surface area contributed by atoms with Crippen LogP contribution in [-0.4, -0.2) is 52.5 Å². The summed E-state index contributed by atoms with van der Waals surface area (Å²) in [6, 6.07) is 4.20. The number of aryl methyl sites for hydroxylation is 1. The molecule has 26 heavy (non-hydrogen) atoms. The summed E-state index contributed by atoms with van der Waals surface area (Å²) in [6.45, 7) is 12.3. The number of rotatable bonds is 5. The Bertz CT molecular complexity index is 726. The van der Waals surface area contributed by atoms with Crippen LogP contribution in [0.25, 0.3) is 0 Å². The Morgan fingerprint density at radius 1 is 1.27 bits per heavy atom. The second-order valence-corrected chi connectivity index (χ2v) is 8.07. The van der Waals surface area contributed by atoms with Crippen LogP contribution in [0.4, 0.5) is 0 Å². The molecule has 1 spiro atoms. The van der Waals surface area contributed by atoms with Crippen molar-refractivity contribution in [2.24, 2.45) is 0 Å². The van der Waals surface area contributed by atoms with Gasteiger partial charge in [-0.15, -0.1) is 0 Å². The molecule has 1 unspecified atom stereocenters. The molecule has 5 heteroatoms. The smallest absolute Gasteiger partial charge is 0.107 e. The standard InChI is InChI=1S/C21H32N4O/c1-4-25-12-8-18-20(23-15-22-18)21(25)9-13-24(14-10-21)11-7-16(2)19-6-5-17(3)26-19/h5-6,15-16H,4,7-14H2,1-3H3,(H,22,23). The van der Waals surface area contributed by atoms with Crippen molar-refractivity contribution in [1.82, 2.24) is 19.8 Å². The highest BCUT2D eigenvalue weighted by Crippen LogP contribution is 2.42. The minimum Gasteiger partial charge on any atom is -0.466 e. The van der Waals surface area contributed by atoms with Crippen molar-refractivity contribution in [3.05, 3.63) is 41.4 Å². The lowest BCUT2D eigenvalue weighted by molar-refractivity contribution is 0.00857. The lowest BCUT2D eigenvalue weighted by atomic mass is 9.78. The van der Waals surface area contributed by atoms with Crippen LogP contribution in [0.15, 0.2) is 22.9 Å². The monoisotopic (exact) mass is 356 g/mol. The summed E-state index contributed by atoms with van der Waals surface area (Å²) in [5.41, 5.74) is 2.84. The Kier molecular flexibility index (Phi) is 4.93. The van der Waals surface area contributed by atoms with E-state index in [1.165, 1.54) is 24.2 Å². The van der Waals surface area contributed by atoms with Crippen molar-refractivity contribution >= 4 is 0 Å². The molecule has 2 aromatic heterocycles. The summed E-state index contributed by atoms with van der Waals surface area (Å²) >= 11 is 0.